The molecule has 0 bridgehead atoms. The van der Waals surface area contributed by atoms with Gasteiger partial charge in [-0.3, -0.25) is 19.2 Å². The van der Waals surface area contributed by atoms with E-state index in [1.165, 1.54) is 43.2 Å². The predicted octanol–water partition coefficient (Wildman–Crippen LogP) is 5.46. The molecule has 5 nitrogen and oxygen atoms in total. The van der Waals surface area contributed by atoms with Crippen LogP contribution in [0.3, 0.4) is 0 Å². The van der Waals surface area contributed by atoms with Crippen molar-refractivity contribution < 1.29 is 0 Å². The van der Waals surface area contributed by atoms with Crippen LogP contribution in [0.4, 0.5) is 11.6 Å². The first-order valence-electron chi connectivity index (χ1n) is 12.2. The molecule has 0 saturated heterocycles. The largest absolute Gasteiger partial charge is 0.298 e. The van der Waals surface area contributed by atoms with Crippen LogP contribution in [-0.4, -0.2) is 27.2 Å². The maximum absolute atomic E-state index is 13.9. The molecular formula is C28H34N4O. The third-order valence-corrected chi connectivity index (χ3v) is 7.52. The van der Waals surface area contributed by atoms with Gasteiger partial charge in [0, 0.05) is 23.7 Å². The number of aromatic nitrogens is 2. The van der Waals surface area contributed by atoms with Gasteiger partial charge in [-0.15, -0.1) is 0 Å². The summed E-state index contributed by atoms with van der Waals surface area (Å²) in [5.74, 6) is 0.773. The van der Waals surface area contributed by atoms with Crippen LogP contribution < -0.4 is 10.5 Å². The Labute approximate surface area is 196 Å². The van der Waals surface area contributed by atoms with Crippen LogP contribution in [0.25, 0.3) is 0 Å². The van der Waals surface area contributed by atoms with Crippen molar-refractivity contribution in [3.63, 3.8) is 0 Å². The van der Waals surface area contributed by atoms with Gasteiger partial charge in [0.2, 0.25) is 5.95 Å². The van der Waals surface area contributed by atoms with Gasteiger partial charge in [-0.1, -0.05) is 61.7 Å². The van der Waals surface area contributed by atoms with Crippen LogP contribution >= 0.6 is 0 Å². The minimum atomic E-state index is 0.0946. The van der Waals surface area contributed by atoms with Crippen LogP contribution in [0.5, 0.6) is 0 Å². The molecule has 0 unspecified atom stereocenters. The van der Waals surface area contributed by atoms with Crippen molar-refractivity contribution in [2.75, 3.05) is 11.6 Å². The maximum atomic E-state index is 13.9. The summed E-state index contributed by atoms with van der Waals surface area (Å²) >= 11 is 0. The predicted molar refractivity (Wildman–Crippen MR) is 134 cm³/mol. The van der Waals surface area contributed by atoms with Gasteiger partial charge >= 0.3 is 0 Å². The summed E-state index contributed by atoms with van der Waals surface area (Å²) in [5, 5.41) is 0. The highest BCUT2D eigenvalue weighted by Crippen LogP contribution is 2.34. The van der Waals surface area contributed by atoms with Gasteiger partial charge in [-0.05, 0) is 56.4 Å². The zero-order valence-electron chi connectivity index (χ0n) is 20.1. The second-order valence-electron chi connectivity index (χ2n) is 9.68. The van der Waals surface area contributed by atoms with Crippen LogP contribution in [0.1, 0.15) is 60.1 Å². The highest BCUT2D eigenvalue weighted by atomic mass is 16.1. The summed E-state index contributed by atoms with van der Waals surface area (Å²) < 4.78 is 1.92. The fourth-order valence-electron chi connectivity index (χ4n) is 5.38. The molecule has 0 N–H and O–H groups in total. The first-order chi connectivity index (χ1) is 16.0. The van der Waals surface area contributed by atoms with Gasteiger partial charge in [-0.25, -0.2) is 4.98 Å². The Hall–Kier alpha value is -2.92. The number of nitrogens with zero attached hydrogens (tertiary/aromatic N) is 4. The van der Waals surface area contributed by atoms with E-state index < -0.39 is 0 Å². The van der Waals surface area contributed by atoms with Gasteiger partial charge in [0.1, 0.15) is 0 Å². The molecule has 0 atom stereocenters. The fraction of sp³-hybridized carbons (Fsp3) is 0.429. The minimum Gasteiger partial charge on any atom is -0.298 e. The van der Waals surface area contributed by atoms with Crippen molar-refractivity contribution in [1.29, 1.82) is 0 Å². The molecular weight excluding hydrogens is 408 g/mol. The molecule has 2 aromatic carbocycles. The van der Waals surface area contributed by atoms with E-state index in [9.17, 15) is 4.79 Å². The van der Waals surface area contributed by atoms with Crippen molar-refractivity contribution in [2.45, 2.75) is 72.0 Å². The fourth-order valence-corrected chi connectivity index (χ4v) is 5.38. The molecule has 1 fully saturated rings. The van der Waals surface area contributed by atoms with Gasteiger partial charge in [0.15, 0.2) is 0 Å². The summed E-state index contributed by atoms with van der Waals surface area (Å²) in [4.78, 5) is 23.7. The molecule has 2 aliphatic rings. The van der Waals surface area contributed by atoms with Gasteiger partial charge in [-0.2, -0.15) is 0 Å². The molecule has 5 rings (SSSR count). The van der Waals surface area contributed by atoms with E-state index in [4.69, 9.17) is 4.98 Å². The van der Waals surface area contributed by atoms with E-state index in [2.05, 4.69) is 54.0 Å². The Bertz CT molecular complexity index is 1190. The molecule has 5 heteroatoms. The van der Waals surface area contributed by atoms with Crippen LogP contribution in [0, 0.1) is 20.8 Å². The Kier molecular flexibility index (Phi) is 6.07. The maximum Gasteiger partial charge on any atom is 0.259 e. The number of hydrogen-bond donors (Lipinski definition) is 0. The van der Waals surface area contributed by atoms with Gasteiger partial charge < -0.3 is 0 Å². The third-order valence-electron chi connectivity index (χ3n) is 7.52. The van der Waals surface area contributed by atoms with E-state index in [1.54, 1.807) is 0 Å². The number of aryl methyl sites for hydroxylation is 2. The number of benzene rings is 2. The molecule has 0 amide bonds. The lowest BCUT2D eigenvalue weighted by Crippen LogP contribution is -2.52. The zero-order chi connectivity index (χ0) is 22.9. The second kappa shape index (κ2) is 9.14. The molecule has 1 aliphatic carbocycles. The van der Waals surface area contributed by atoms with E-state index in [-0.39, 0.29) is 5.56 Å². The van der Waals surface area contributed by atoms with E-state index in [0.29, 0.717) is 19.1 Å². The summed E-state index contributed by atoms with van der Waals surface area (Å²) in [6.45, 7) is 7.70. The smallest absolute Gasteiger partial charge is 0.259 e. The molecule has 3 aromatic rings. The quantitative estimate of drug-likeness (QED) is 0.538. The highest BCUT2D eigenvalue weighted by Gasteiger charge is 2.32. The monoisotopic (exact) mass is 442 g/mol. The zero-order valence-corrected chi connectivity index (χ0v) is 20.1. The van der Waals surface area contributed by atoms with E-state index in [1.807, 2.05) is 29.7 Å². The first kappa shape index (κ1) is 21.9. The van der Waals surface area contributed by atoms with Crippen molar-refractivity contribution >= 4 is 11.6 Å². The Morgan fingerprint density at radius 1 is 0.909 bits per heavy atom. The van der Waals surface area contributed by atoms with Crippen molar-refractivity contribution in [2.24, 2.45) is 0 Å². The van der Waals surface area contributed by atoms with Crippen molar-refractivity contribution in [3.8, 4) is 0 Å². The molecule has 1 aromatic heterocycles. The van der Waals surface area contributed by atoms with Crippen molar-refractivity contribution in [1.82, 2.24) is 14.5 Å². The normalized spacial score (nSPS) is 17.2. The Morgan fingerprint density at radius 2 is 1.67 bits per heavy atom. The average molecular weight is 443 g/mol. The lowest BCUT2D eigenvalue weighted by molar-refractivity contribution is 0.107. The Balaban J connectivity index is 1.62. The molecule has 1 aliphatic heterocycles. The number of rotatable bonds is 4. The van der Waals surface area contributed by atoms with E-state index in [0.717, 1.165) is 35.1 Å². The van der Waals surface area contributed by atoms with Crippen LogP contribution in [0.2, 0.25) is 0 Å². The van der Waals surface area contributed by atoms with Crippen LogP contribution in [-0.2, 0) is 13.1 Å². The number of fused-ring (bicyclic) bond motifs is 1. The lowest BCUT2D eigenvalue weighted by Gasteiger charge is -2.43. The minimum absolute atomic E-state index is 0.0946. The summed E-state index contributed by atoms with van der Waals surface area (Å²) in [6.07, 6.45) is 6.91. The standard InChI is InChI=1S/C28H34N4O/c1-20-11-10-16-26(21(20)2)31-18-30(24-14-8-5-9-15-24)19-32-27(33)25(22(3)29-28(31)32)17-23-12-6-4-7-13-23/h4,6-7,10-13,16,24H,5,8-9,14-15,17-19H2,1-3H3. The van der Waals surface area contributed by atoms with Crippen molar-refractivity contribution in [3.05, 3.63) is 86.8 Å². The molecule has 2 heterocycles. The third kappa shape index (κ3) is 4.22. The SMILES string of the molecule is Cc1cccc(N2CN(C3CCCCC3)Cn3c2nc(C)c(Cc2ccccc2)c3=O)c1C. The highest BCUT2D eigenvalue weighted by molar-refractivity contribution is 5.64. The average Bonchev–Trinajstić information content (AvgIpc) is 2.84. The Morgan fingerprint density at radius 3 is 2.42 bits per heavy atom. The lowest BCUT2D eigenvalue weighted by atomic mass is 9.94. The first-order valence-corrected chi connectivity index (χ1v) is 12.2. The molecule has 0 radical (unpaired) electrons. The van der Waals surface area contributed by atoms with Gasteiger partial charge in [0.05, 0.1) is 19.0 Å². The summed E-state index contributed by atoms with van der Waals surface area (Å²) in [6, 6.07) is 17.2. The van der Waals surface area contributed by atoms with Gasteiger partial charge in [0.25, 0.3) is 5.56 Å². The number of anilines is 2. The molecule has 1 saturated carbocycles. The summed E-state index contributed by atoms with van der Waals surface area (Å²) in [5.41, 5.74) is 6.52. The van der Waals surface area contributed by atoms with E-state index >= 15 is 0 Å². The van der Waals surface area contributed by atoms with Crippen LogP contribution in [0.15, 0.2) is 53.3 Å². The number of hydrogen-bond acceptors (Lipinski definition) is 4. The topological polar surface area (TPSA) is 41.4 Å². The molecule has 0 spiro atoms. The molecule has 172 valence electrons. The second-order valence-corrected chi connectivity index (χ2v) is 9.68. The molecule has 33 heavy (non-hydrogen) atoms. The summed E-state index contributed by atoms with van der Waals surface area (Å²) in [7, 11) is 0.